The van der Waals surface area contributed by atoms with Crippen molar-refractivity contribution < 1.29 is 9.53 Å². The molecule has 2 aromatic heterocycles. The third-order valence-electron chi connectivity index (χ3n) is 9.40. The lowest BCUT2D eigenvalue weighted by molar-refractivity contribution is -0.00874. The summed E-state index contributed by atoms with van der Waals surface area (Å²) in [6.07, 6.45) is 10.7. The van der Waals surface area contributed by atoms with Gasteiger partial charge in [0.1, 0.15) is 11.4 Å². The number of carbonyl (C=O) groups is 1. The lowest BCUT2D eigenvalue weighted by atomic mass is 9.83. The largest absolute Gasteiger partial charge is 0.487 e. The number of nitrogens with zero attached hydrogens (tertiary/aromatic N) is 3. The van der Waals surface area contributed by atoms with Crippen molar-refractivity contribution in [3.63, 3.8) is 0 Å². The fourth-order valence-electron chi connectivity index (χ4n) is 6.93. The van der Waals surface area contributed by atoms with Gasteiger partial charge in [0.05, 0.1) is 22.9 Å². The zero-order valence-corrected chi connectivity index (χ0v) is 23.2. The summed E-state index contributed by atoms with van der Waals surface area (Å²) in [5.74, 6) is 1.35. The van der Waals surface area contributed by atoms with Crippen LogP contribution in [0.5, 0.6) is 5.75 Å². The highest BCUT2D eigenvalue weighted by Crippen LogP contribution is 2.41. The number of hydrogen-bond acceptors (Lipinski definition) is 5. The van der Waals surface area contributed by atoms with Gasteiger partial charge in [-0.2, -0.15) is 5.10 Å². The number of likely N-dealkylation sites (tertiary alicyclic amines) is 1. The number of H-pyrrole nitrogens is 1. The number of carbonyl (C=O) groups excluding carboxylic acids is 1. The van der Waals surface area contributed by atoms with Gasteiger partial charge in [-0.3, -0.25) is 14.9 Å². The highest BCUT2D eigenvalue weighted by molar-refractivity contribution is 6.01. The first-order valence-corrected chi connectivity index (χ1v) is 14.8. The van der Waals surface area contributed by atoms with Gasteiger partial charge in [0, 0.05) is 35.8 Å². The number of aromatic nitrogens is 3. The highest BCUT2D eigenvalue weighted by atomic mass is 16.5. The molecule has 40 heavy (non-hydrogen) atoms. The number of aromatic amines is 1. The average molecular weight is 536 g/mol. The first kappa shape index (κ1) is 25.3. The monoisotopic (exact) mass is 535 g/mol. The molecule has 0 radical (unpaired) electrons. The number of hydrogen-bond donors (Lipinski definition) is 2. The molecular formula is C33H37N5O2. The van der Waals surface area contributed by atoms with Crippen LogP contribution in [-0.4, -0.2) is 51.7 Å². The Hall–Kier alpha value is -3.71. The van der Waals surface area contributed by atoms with Crippen LogP contribution >= 0.6 is 0 Å². The van der Waals surface area contributed by atoms with Crippen molar-refractivity contribution in [3.05, 3.63) is 77.6 Å². The Morgan fingerprint density at radius 2 is 1.93 bits per heavy atom. The van der Waals surface area contributed by atoms with Crippen LogP contribution < -0.4 is 10.1 Å². The van der Waals surface area contributed by atoms with Crippen LogP contribution in [0.3, 0.4) is 0 Å². The molecule has 1 saturated heterocycles. The molecule has 3 aliphatic rings. The molecule has 206 valence electrons. The zero-order valence-electron chi connectivity index (χ0n) is 23.2. The van der Waals surface area contributed by atoms with Crippen LogP contribution in [0.2, 0.25) is 0 Å². The SMILES string of the molecule is CN1CCC2(CCc3cc(-c4n[nH]c5ccc(C(=O)NC(c6ccccn6)C6CCCC6)cc45)ccc3O2)CC1. The molecule has 7 rings (SSSR count). The fraction of sp³-hybridized carbons (Fsp3) is 0.424. The standard InChI is InChI=1S/C33H37N5O2/c1-38-18-15-33(16-19-38)14-13-23-20-24(10-12-29(23)40-33)30-26-21-25(9-11-27(26)36-37-30)32(39)35-31(22-6-2-3-7-22)28-8-4-5-17-34-28/h4-5,8-12,17,20-22,31H,2-3,6-7,13-16,18-19H2,1H3,(H,35,39)(H,36,37). The topological polar surface area (TPSA) is 83.1 Å². The van der Waals surface area contributed by atoms with E-state index in [9.17, 15) is 4.79 Å². The van der Waals surface area contributed by atoms with Crippen LogP contribution in [-0.2, 0) is 6.42 Å². The summed E-state index contributed by atoms with van der Waals surface area (Å²) in [6.45, 7) is 2.18. The first-order chi connectivity index (χ1) is 19.6. The molecule has 2 aliphatic heterocycles. The average Bonchev–Trinajstić information content (AvgIpc) is 3.68. The number of fused-ring (bicyclic) bond motifs is 2. The maximum atomic E-state index is 13.6. The molecule has 1 atom stereocenters. The van der Waals surface area contributed by atoms with Gasteiger partial charge in [-0.1, -0.05) is 18.9 Å². The normalized spacial score (nSPS) is 19.8. The third kappa shape index (κ3) is 4.77. The summed E-state index contributed by atoms with van der Waals surface area (Å²) in [7, 11) is 2.19. The molecule has 2 N–H and O–H groups in total. The number of aryl methyl sites for hydroxylation is 1. The van der Waals surface area contributed by atoms with Gasteiger partial charge in [-0.15, -0.1) is 0 Å². The van der Waals surface area contributed by atoms with Crippen molar-refractivity contribution in [1.29, 1.82) is 0 Å². The summed E-state index contributed by atoms with van der Waals surface area (Å²) in [5.41, 5.74) is 5.62. The van der Waals surface area contributed by atoms with E-state index in [1.807, 2.05) is 42.6 Å². The minimum atomic E-state index is -0.0794. The van der Waals surface area contributed by atoms with Crippen LogP contribution in [0.15, 0.2) is 60.8 Å². The maximum absolute atomic E-state index is 13.6. The minimum Gasteiger partial charge on any atom is -0.487 e. The second-order valence-electron chi connectivity index (χ2n) is 12.0. The maximum Gasteiger partial charge on any atom is 0.251 e. The van der Waals surface area contributed by atoms with E-state index in [1.54, 1.807) is 0 Å². The molecular weight excluding hydrogens is 498 g/mol. The van der Waals surface area contributed by atoms with Gasteiger partial charge in [0.2, 0.25) is 0 Å². The lowest BCUT2D eigenvalue weighted by Gasteiger charge is -2.43. The number of piperidine rings is 1. The molecule has 1 unspecified atom stereocenters. The molecule has 7 nitrogen and oxygen atoms in total. The Balaban J connectivity index is 1.14. The summed E-state index contributed by atoms with van der Waals surface area (Å²) in [4.78, 5) is 20.5. The number of nitrogens with one attached hydrogen (secondary N) is 2. The van der Waals surface area contributed by atoms with Crippen molar-refractivity contribution in [2.75, 3.05) is 20.1 Å². The van der Waals surface area contributed by atoms with Crippen molar-refractivity contribution in [2.24, 2.45) is 5.92 Å². The van der Waals surface area contributed by atoms with Gasteiger partial charge >= 0.3 is 0 Å². The van der Waals surface area contributed by atoms with Crippen LogP contribution in [0.25, 0.3) is 22.2 Å². The Morgan fingerprint density at radius 3 is 2.73 bits per heavy atom. The molecule has 0 bridgehead atoms. The Morgan fingerprint density at radius 1 is 1.07 bits per heavy atom. The van der Waals surface area contributed by atoms with Gasteiger partial charge in [-0.25, -0.2) is 0 Å². The molecule has 4 heterocycles. The summed E-state index contributed by atoms with van der Waals surface area (Å²) in [6, 6.07) is 18.1. The number of amides is 1. The molecule has 2 fully saturated rings. The molecule has 2 aromatic carbocycles. The summed E-state index contributed by atoms with van der Waals surface area (Å²) < 4.78 is 6.62. The predicted octanol–water partition coefficient (Wildman–Crippen LogP) is 6.08. The van der Waals surface area contributed by atoms with E-state index in [1.165, 1.54) is 18.4 Å². The second-order valence-corrected chi connectivity index (χ2v) is 12.0. The minimum absolute atomic E-state index is 0.0199. The molecule has 1 amide bonds. The number of rotatable bonds is 5. The Labute approximate surface area is 235 Å². The lowest BCUT2D eigenvalue weighted by Crippen LogP contribution is -2.48. The summed E-state index contributed by atoms with van der Waals surface area (Å²) >= 11 is 0. The highest BCUT2D eigenvalue weighted by Gasteiger charge is 2.39. The molecule has 1 aliphatic carbocycles. The Bertz CT molecular complexity index is 1520. The second kappa shape index (κ2) is 10.4. The van der Waals surface area contributed by atoms with Gasteiger partial charge in [-0.05, 0) is 106 Å². The van der Waals surface area contributed by atoms with E-state index in [0.29, 0.717) is 11.5 Å². The number of pyridine rings is 1. The molecule has 1 spiro atoms. The van der Waals surface area contributed by atoms with Crippen LogP contribution in [0.1, 0.15) is 72.6 Å². The fourth-order valence-corrected chi connectivity index (χ4v) is 6.93. The third-order valence-corrected chi connectivity index (χ3v) is 9.40. The summed E-state index contributed by atoms with van der Waals surface area (Å²) in [5, 5.41) is 12.1. The van der Waals surface area contributed by atoms with E-state index < -0.39 is 0 Å². The zero-order chi connectivity index (χ0) is 27.1. The van der Waals surface area contributed by atoms with E-state index in [0.717, 1.165) is 85.2 Å². The molecule has 1 saturated carbocycles. The quantitative estimate of drug-likeness (QED) is 0.324. The predicted molar refractivity (Wildman–Crippen MR) is 156 cm³/mol. The van der Waals surface area contributed by atoms with Crippen molar-refractivity contribution in [2.45, 2.75) is 63.0 Å². The number of benzene rings is 2. The molecule has 4 aromatic rings. The van der Waals surface area contributed by atoms with Crippen LogP contribution in [0.4, 0.5) is 0 Å². The van der Waals surface area contributed by atoms with E-state index >= 15 is 0 Å². The Kier molecular flexibility index (Phi) is 6.54. The smallest absolute Gasteiger partial charge is 0.251 e. The van der Waals surface area contributed by atoms with Crippen molar-refractivity contribution in [1.82, 2.24) is 25.4 Å². The first-order valence-electron chi connectivity index (χ1n) is 14.8. The van der Waals surface area contributed by atoms with Crippen molar-refractivity contribution >= 4 is 16.8 Å². The van der Waals surface area contributed by atoms with Gasteiger partial charge < -0.3 is 15.0 Å². The van der Waals surface area contributed by atoms with Gasteiger partial charge in [0.15, 0.2) is 0 Å². The van der Waals surface area contributed by atoms with Gasteiger partial charge in [0.25, 0.3) is 5.91 Å². The van der Waals surface area contributed by atoms with E-state index in [-0.39, 0.29) is 17.6 Å². The van der Waals surface area contributed by atoms with Crippen LogP contribution in [0, 0.1) is 5.92 Å². The number of ether oxygens (including phenoxy) is 1. The molecule has 7 heteroatoms. The van der Waals surface area contributed by atoms with Crippen molar-refractivity contribution in [3.8, 4) is 17.0 Å². The van der Waals surface area contributed by atoms with E-state index in [4.69, 9.17) is 4.74 Å². The van der Waals surface area contributed by atoms with E-state index in [2.05, 4.69) is 50.6 Å².